The van der Waals surface area contributed by atoms with Gasteiger partial charge in [0.05, 0.1) is 15.0 Å². The molecule has 108 valence electrons. The Morgan fingerprint density at radius 1 is 1.45 bits per heavy atom. The van der Waals surface area contributed by atoms with Crippen molar-refractivity contribution in [2.45, 2.75) is 44.4 Å². The molecule has 0 bridgehead atoms. The highest BCUT2D eigenvalue weighted by molar-refractivity contribution is 9.10. The van der Waals surface area contributed by atoms with Crippen molar-refractivity contribution in [1.82, 2.24) is 4.98 Å². The summed E-state index contributed by atoms with van der Waals surface area (Å²) in [6.07, 6.45) is 4.00. The fraction of sp³-hybridized carbons (Fsp3) is 0.467. The van der Waals surface area contributed by atoms with Crippen molar-refractivity contribution in [2.24, 2.45) is 0 Å². The van der Waals surface area contributed by atoms with Gasteiger partial charge in [-0.3, -0.25) is 4.79 Å². The molecule has 1 aromatic carbocycles. The lowest BCUT2D eigenvalue weighted by molar-refractivity contribution is -0.115. The largest absolute Gasteiger partial charge is 0.301 e. The minimum absolute atomic E-state index is 0.00628. The normalized spacial score (nSPS) is 12.6. The molecule has 1 heterocycles. The van der Waals surface area contributed by atoms with Crippen LogP contribution in [0.4, 0.5) is 5.13 Å². The highest BCUT2D eigenvalue weighted by Crippen LogP contribution is 2.27. The lowest BCUT2D eigenvalue weighted by atomic mass is 10.2. The summed E-state index contributed by atoms with van der Waals surface area (Å²) in [6.45, 7) is 4.25. The van der Waals surface area contributed by atoms with E-state index in [0.29, 0.717) is 5.13 Å². The number of amides is 1. The SMILES string of the molecule is CCCC[C@@H](Br)C(=O)Nc1nc2ccc(CC)cc2s1. The van der Waals surface area contributed by atoms with Crippen molar-refractivity contribution in [3.8, 4) is 0 Å². The van der Waals surface area contributed by atoms with Gasteiger partial charge in [0.25, 0.3) is 0 Å². The molecule has 0 radical (unpaired) electrons. The monoisotopic (exact) mass is 354 g/mol. The fourth-order valence-electron chi connectivity index (χ4n) is 1.94. The minimum atomic E-state index is -0.138. The molecule has 5 heteroatoms. The molecular weight excluding hydrogens is 336 g/mol. The number of anilines is 1. The van der Waals surface area contributed by atoms with Crippen LogP contribution in [0.15, 0.2) is 18.2 Å². The van der Waals surface area contributed by atoms with E-state index in [-0.39, 0.29) is 10.7 Å². The van der Waals surface area contributed by atoms with E-state index in [0.717, 1.165) is 35.9 Å². The molecule has 0 aliphatic carbocycles. The highest BCUT2D eigenvalue weighted by Gasteiger charge is 2.16. The van der Waals surface area contributed by atoms with Crippen LogP contribution in [0.2, 0.25) is 0 Å². The molecule has 1 aromatic heterocycles. The molecule has 3 nitrogen and oxygen atoms in total. The third-order valence-electron chi connectivity index (χ3n) is 3.19. The van der Waals surface area contributed by atoms with Crippen LogP contribution in [0.25, 0.3) is 10.2 Å². The number of benzene rings is 1. The van der Waals surface area contributed by atoms with Crippen molar-refractivity contribution >= 4 is 48.5 Å². The van der Waals surface area contributed by atoms with Gasteiger partial charge < -0.3 is 5.32 Å². The molecule has 0 aliphatic rings. The first-order valence-corrected chi connectivity index (χ1v) is 8.71. The van der Waals surface area contributed by atoms with E-state index < -0.39 is 0 Å². The summed E-state index contributed by atoms with van der Waals surface area (Å²) in [5.41, 5.74) is 2.24. The topological polar surface area (TPSA) is 42.0 Å². The Morgan fingerprint density at radius 3 is 2.95 bits per heavy atom. The molecule has 0 fully saturated rings. The number of hydrogen-bond donors (Lipinski definition) is 1. The van der Waals surface area contributed by atoms with Crippen LogP contribution in [0.1, 0.15) is 38.7 Å². The molecule has 0 spiro atoms. The van der Waals surface area contributed by atoms with Crippen molar-refractivity contribution in [3.63, 3.8) is 0 Å². The van der Waals surface area contributed by atoms with Gasteiger partial charge >= 0.3 is 0 Å². The average molecular weight is 355 g/mol. The number of halogens is 1. The second-order valence-corrected chi connectivity index (χ2v) is 6.91. The average Bonchev–Trinajstić information content (AvgIpc) is 2.85. The number of carbonyl (C=O) groups excluding carboxylic acids is 1. The molecule has 2 rings (SSSR count). The highest BCUT2D eigenvalue weighted by atomic mass is 79.9. The van der Waals surface area contributed by atoms with Crippen LogP contribution >= 0.6 is 27.3 Å². The van der Waals surface area contributed by atoms with E-state index in [4.69, 9.17) is 0 Å². The summed E-state index contributed by atoms with van der Waals surface area (Å²) in [4.78, 5) is 16.3. The van der Waals surface area contributed by atoms with Crippen molar-refractivity contribution in [2.75, 3.05) is 5.32 Å². The molecule has 1 amide bonds. The Balaban J connectivity index is 2.07. The van der Waals surface area contributed by atoms with Crippen LogP contribution in [0.3, 0.4) is 0 Å². The number of thiazole rings is 1. The second-order valence-electron chi connectivity index (χ2n) is 4.77. The maximum Gasteiger partial charge on any atom is 0.239 e. The summed E-state index contributed by atoms with van der Waals surface area (Å²) in [7, 11) is 0. The number of unbranched alkanes of at least 4 members (excludes halogenated alkanes) is 1. The number of alkyl halides is 1. The zero-order valence-electron chi connectivity index (χ0n) is 11.8. The molecule has 2 aromatic rings. The number of rotatable bonds is 6. The maximum absolute atomic E-state index is 12.0. The quantitative estimate of drug-likeness (QED) is 0.760. The standard InChI is InChI=1S/C15H19BrN2OS/c1-3-5-6-11(16)14(19)18-15-17-12-8-7-10(4-2)9-13(12)20-15/h7-9,11H,3-6H2,1-2H3,(H,17,18,19)/t11-/m1/s1. The zero-order valence-corrected chi connectivity index (χ0v) is 14.2. The number of nitrogens with zero attached hydrogens (tertiary/aromatic N) is 1. The summed E-state index contributed by atoms with van der Waals surface area (Å²) in [5, 5.41) is 3.58. The zero-order chi connectivity index (χ0) is 14.5. The maximum atomic E-state index is 12.0. The summed E-state index contributed by atoms with van der Waals surface area (Å²) in [5.74, 6) is -0.00628. The predicted molar refractivity (Wildman–Crippen MR) is 89.9 cm³/mol. The lowest BCUT2D eigenvalue weighted by Gasteiger charge is -2.07. The molecule has 1 atom stereocenters. The van der Waals surface area contributed by atoms with Crippen LogP contribution in [-0.4, -0.2) is 15.7 Å². The van der Waals surface area contributed by atoms with Crippen molar-refractivity contribution in [3.05, 3.63) is 23.8 Å². The third kappa shape index (κ3) is 3.79. The molecule has 20 heavy (non-hydrogen) atoms. The third-order valence-corrected chi connectivity index (χ3v) is 4.99. The molecular formula is C15H19BrN2OS. The molecule has 0 unspecified atom stereocenters. The van der Waals surface area contributed by atoms with Crippen molar-refractivity contribution in [1.29, 1.82) is 0 Å². The van der Waals surface area contributed by atoms with Gasteiger partial charge in [-0.1, -0.05) is 60.0 Å². The smallest absolute Gasteiger partial charge is 0.239 e. The van der Waals surface area contributed by atoms with E-state index in [1.165, 1.54) is 16.9 Å². The van der Waals surface area contributed by atoms with E-state index >= 15 is 0 Å². The summed E-state index contributed by atoms with van der Waals surface area (Å²) in [6, 6.07) is 6.25. The second kappa shape index (κ2) is 7.18. The minimum Gasteiger partial charge on any atom is -0.301 e. The fourth-order valence-corrected chi connectivity index (χ4v) is 3.31. The van der Waals surface area contributed by atoms with Gasteiger partial charge in [-0.05, 0) is 30.5 Å². The number of nitrogens with one attached hydrogen (secondary N) is 1. The Morgan fingerprint density at radius 2 is 2.25 bits per heavy atom. The number of carbonyl (C=O) groups is 1. The number of hydrogen-bond acceptors (Lipinski definition) is 3. The van der Waals surface area contributed by atoms with Crippen molar-refractivity contribution < 1.29 is 4.79 Å². The van der Waals surface area contributed by atoms with E-state index in [1.54, 1.807) is 0 Å². The van der Waals surface area contributed by atoms with Gasteiger partial charge in [0.1, 0.15) is 0 Å². The predicted octanol–water partition coefficient (Wildman–Crippen LogP) is 4.75. The number of aromatic nitrogens is 1. The first-order chi connectivity index (χ1) is 9.63. The lowest BCUT2D eigenvalue weighted by Crippen LogP contribution is -2.22. The number of aryl methyl sites for hydroxylation is 1. The summed E-state index contributed by atoms with van der Waals surface area (Å²) >= 11 is 4.97. The van der Waals surface area contributed by atoms with Crippen LogP contribution in [0.5, 0.6) is 0 Å². The first kappa shape index (κ1) is 15.4. The summed E-state index contributed by atoms with van der Waals surface area (Å²) < 4.78 is 1.12. The van der Waals surface area contributed by atoms with Gasteiger partial charge in [0, 0.05) is 0 Å². The molecule has 1 N–H and O–H groups in total. The van der Waals surface area contributed by atoms with Crippen LogP contribution < -0.4 is 5.32 Å². The van der Waals surface area contributed by atoms with Gasteiger partial charge in [-0.25, -0.2) is 4.98 Å². The Labute approximate surface area is 131 Å². The van der Waals surface area contributed by atoms with Gasteiger partial charge in [-0.15, -0.1) is 0 Å². The van der Waals surface area contributed by atoms with E-state index in [9.17, 15) is 4.79 Å². The van der Waals surface area contributed by atoms with E-state index in [2.05, 4.69) is 52.2 Å². The van der Waals surface area contributed by atoms with Crippen LogP contribution in [-0.2, 0) is 11.2 Å². The van der Waals surface area contributed by atoms with E-state index in [1.807, 2.05) is 6.07 Å². The van der Waals surface area contributed by atoms with Gasteiger partial charge in [-0.2, -0.15) is 0 Å². The Hall–Kier alpha value is -0.940. The van der Waals surface area contributed by atoms with Gasteiger partial charge in [0.2, 0.25) is 5.91 Å². The molecule has 0 saturated carbocycles. The number of fused-ring (bicyclic) bond motifs is 1. The Kier molecular flexibility index (Phi) is 5.54. The molecule has 0 saturated heterocycles. The van der Waals surface area contributed by atoms with Crippen LogP contribution in [0, 0.1) is 0 Å². The Bertz CT molecular complexity index is 597. The van der Waals surface area contributed by atoms with Gasteiger partial charge in [0.15, 0.2) is 5.13 Å². The first-order valence-electron chi connectivity index (χ1n) is 6.98. The molecule has 0 aliphatic heterocycles.